The van der Waals surface area contributed by atoms with Crippen LogP contribution in [0.2, 0.25) is 0 Å². The molecule has 134 valence electrons. The number of hydrogen-bond donors (Lipinski definition) is 2. The summed E-state index contributed by atoms with van der Waals surface area (Å²) in [6.45, 7) is 6.14. The van der Waals surface area contributed by atoms with E-state index in [9.17, 15) is 0 Å². The SMILES string of the molecule is CCc1[nH]c2nc(Oc3cncnc3)nc(N3CC4C(N)C4C3)c2c1C. The lowest BCUT2D eigenvalue weighted by atomic mass is 10.1. The highest BCUT2D eigenvalue weighted by Crippen LogP contribution is 2.46. The zero-order chi connectivity index (χ0) is 17.8. The fourth-order valence-corrected chi connectivity index (χ4v) is 4.07. The van der Waals surface area contributed by atoms with Crippen molar-refractivity contribution < 1.29 is 4.74 Å². The summed E-state index contributed by atoms with van der Waals surface area (Å²) in [5.74, 6) is 2.60. The molecule has 0 spiro atoms. The monoisotopic (exact) mass is 351 g/mol. The maximum atomic E-state index is 6.11. The largest absolute Gasteiger partial charge is 0.421 e. The van der Waals surface area contributed by atoms with Gasteiger partial charge in [0, 0.05) is 24.8 Å². The Morgan fingerprint density at radius 2 is 1.96 bits per heavy atom. The Kier molecular flexibility index (Phi) is 3.36. The Morgan fingerprint density at radius 1 is 1.23 bits per heavy atom. The number of aryl methyl sites for hydroxylation is 2. The molecule has 2 unspecified atom stereocenters. The Balaban J connectivity index is 1.59. The van der Waals surface area contributed by atoms with Crippen LogP contribution >= 0.6 is 0 Å². The molecular weight excluding hydrogens is 330 g/mol. The second-order valence-electron chi connectivity index (χ2n) is 7.12. The summed E-state index contributed by atoms with van der Waals surface area (Å²) in [4.78, 5) is 23.0. The van der Waals surface area contributed by atoms with Crippen LogP contribution in [-0.4, -0.2) is 44.1 Å². The van der Waals surface area contributed by atoms with E-state index < -0.39 is 0 Å². The Bertz CT molecular complexity index is 959. The van der Waals surface area contributed by atoms with Gasteiger partial charge in [0.25, 0.3) is 0 Å². The molecule has 8 heteroatoms. The van der Waals surface area contributed by atoms with Crippen LogP contribution in [0.4, 0.5) is 5.82 Å². The van der Waals surface area contributed by atoms with Crippen molar-refractivity contribution in [3.05, 3.63) is 30.0 Å². The number of fused-ring (bicyclic) bond motifs is 2. The number of anilines is 1. The molecule has 0 aromatic carbocycles. The fourth-order valence-electron chi connectivity index (χ4n) is 4.07. The van der Waals surface area contributed by atoms with Crippen LogP contribution in [0.25, 0.3) is 11.0 Å². The maximum Gasteiger partial charge on any atom is 0.326 e. The number of nitrogens with one attached hydrogen (secondary N) is 1. The van der Waals surface area contributed by atoms with E-state index in [-0.39, 0.29) is 0 Å². The molecule has 5 rings (SSSR count). The van der Waals surface area contributed by atoms with Gasteiger partial charge in [0.2, 0.25) is 0 Å². The van der Waals surface area contributed by atoms with Crippen molar-refractivity contribution in [2.45, 2.75) is 26.3 Å². The van der Waals surface area contributed by atoms with Crippen LogP contribution in [0.15, 0.2) is 18.7 Å². The van der Waals surface area contributed by atoms with Gasteiger partial charge in [-0.2, -0.15) is 9.97 Å². The minimum atomic E-state index is 0.302. The van der Waals surface area contributed by atoms with Crippen molar-refractivity contribution in [2.75, 3.05) is 18.0 Å². The highest BCUT2D eigenvalue weighted by molar-refractivity contribution is 5.92. The summed E-state index contributed by atoms with van der Waals surface area (Å²) in [6, 6.07) is 0.648. The Morgan fingerprint density at radius 3 is 2.65 bits per heavy atom. The Hall–Kier alpha value is -2.74. The molecule has 1 aliphatic carbocycles. The van der Waals surface area contributed by atoms with E-state index in [0.717, 1.165) is 36.4 Å². The first kappa shape index (κ1) is 15.5. The second-order valence-corrected chi connectivity index (χ2v) is 7.12. The fraction of sp³-hybridized carbons (Fsp3) is 0.444. The van der Waals surface area contributed by atoms with Crippen molar-refractivity contribution in [1.82, 2.24) is 24.9 Å². The van der Waals surface area contributed by atoms with Crippen LogP contribution in [0, 0.1) is 18.8 Å². The summed E-state index contributed by atoms with van der Waals surface area (Å²) in [7, 11) is 0. The van der Waals surface area contributed by atoms with Gasteiger partial charge in [0.15, 0.2) is 5.75 Å². The molecule has 1 aliphatic heterocycles. The van der Waals surface area contributed by atoms with Crippen LogP contribution in [0.5, 0.6) is 11.8 Å². The number of rotatable bonds is 4. The number of nitrogens with zero attached hydrogens (tertiary/aromatic N) is 5. The first-order valence-corrected chi connectivity index (χ1v) is 8.98. The molecule has 0 bridgehead atoms. The lowest BCUT2D eigenvalue weighted by Crippen LogP contribution is -2.29. The second kappa shape index (κ2) is 5.63. The average Bonchev–Trinajstić information content (AvgIpc) is 3.02. The third-order valence-corrected chi connectivity index (χ3v) is 5.63. The highest BCUT2D eigenvalue weighted by atomic mass is 16.5. The van der Waals surface area contributed by atoms with Crippen LogP contribution < -0.4 is 15.4 Å². The van der Waals surface area contributed by atoms with E-state index in [1.165, 1.54) is 17.6 Å². The third-order valence-electron chi connectivity index (χ3n) is 5.63. The molecule has 8 nitrogen and oxygen atoms in total. The van der Waals surface area contributed by atoms with Gasteiger partial charge in [0.05, 0.1) is 17.8 Å². The van der Waals surface area contributed by atoms with Crippen molar-refractivity contribution in [1.29, 1.82) is 0 Å². The van der Waals surface area contributed by atoms with Crippen molar-refractivity contribution in [3.8, 4) is 11.8 Å². The summed E-state index contributed by atoms with van der Waals surface area (Å²) >= 11 is 0. The normalized spacial score (nSPS) is 24.1. The lowest BCUT2D eigenvalue weighted by Gasteiger charge is -2.21. The standard InChI is InChI=1S/C18H21N7O/c1-3-13-9(2)14-16(22-13)23-18(26-10-4-20-8-21-5-10)24-17(14)25-6-11-12(7-25)15(11)19/h4-5,8,11-12,15H,3,6-7,19H2,1-2H3,(H,22,23,24). The number of H-pyrrole nitrogens is 1. The number of aromatic amines is 1. The summed E-state index contributed by atoms with van der Waals surface area (Å²) < 4.78 is 5.81. The molecule has 26 heavy (non-hydrogen) atoms. The van der Waals surface area contributed by atoms with Gasteiger partial charge in [-0.25, -0.2) is 9.97 Å². The number of hydrogen-bond acceptors (Lipinski definition) is 7. The van der Waals surface area contributed by atoms with Crippen LogP contribution in [0.3, 0.4) is 0 Å². The molecule has 2 atom stereocenters. The summed E-state index contributed by atoms with van der Waals surface area (Å²) in [5, 5.41) is 1.08. The predicted molar refractivity (Wildman–Crippen MR) is 97.3 cm³/mol. The average molecular weight is 351 g/mol. The molecule has 1 saturated carbocycles. The molecule has 1 saturated heterocycles. The van der Waals surface area contributed by atoms with Crippen LogP contribution in [-0.2, 0) is 6.42 Å². The maximum absolute atomic E-state index is 6.11. The quantitative estimate of drug-likeness (QED) is 0.738. The van der Waals surface area contributed by atoms with E-state index in [2.05, 4.69) is 38.7 Å². The molecule has 0 radical (unpaired) electrons. The minimum Gasteiger partial charge on any atom is -0.421 e. The summed E-state index contributed by atoms with van der Waals surface area (Å²) in [5.41, 5.74) is 9.30. The molecule has 4 heterocycles. The predicted octanol–water partition coefficient (Wildman–Crippen LogP) is 1.80. The molecule has 2 fully saturated rings. The first-order valence-electron chi connectivity index (χ1n) is 8.98. The molecule has 0 amide bonds. The van der Waals surface area contributed by atoms with Crippen molar-refractivity contribution in [3.63, 3.8) is 0 Å². The zero-order valence-corrected chi connectivity index (χ0v) is 14.8. The van der Waals surface area contributed by atoms with Crippen molar-refractivity contribution in [2.24, 2.45) is 17.6 Å². The molecule has 2 aliphatic rings. The topological polar surface area (TPSA) is 106 Å². The molecule has 3 aromatic heterocycles. The number of nitrogens with two attached hydrogens (primary N) is 1. The summed E-state index contributed by atoms with van der Waals surface area (Å²) in [6.07, 6.45) is 5.58. The molecule has 3 aromatic rings. The van der Waals surface area contributed by atoms with Gasteiger partial charge >= 0.3 is 6.01 Å². The Labute approximate surface area is 150 Å². The van der Waals surface area contributed by atoms with Crippen molar-refractivity contribution >= 4 is 16.9 Å². The third kappa shape index (κ3) is 2.33. The van der Waals surface area contributed by atoms with Gasteiger partial charge in [0.1, 0.15) is 17.8 Å². The van der Waals surface area contributed by atoms with Gasteiger partial charge in [-0.05, 0) is 30.7 Å². The highest BCUT2D eigenvalue weighted by Gasteiger charge is 2.54. The van der Waals surface area contributed by atoms with E-state index in [1.54, 1.807) is 12.4 Å². The molecule has 3 N–H and O–H groups in total. The van der Waals surface area contributed by atoms with Gasteiger partial charge in [-0.1, -0.05) is 6.92 Å². The smallest absolute Gasteiger partial charge is 0.326 e. The van der Waals surface area contributed by atoms with E-state index >= 15 is 0 Å². The van der Waals surface area contributed by atoms with E-state index in [0.29, 0.717) is 29.6 Å². The van der Waals surface area contributed by atoms with E-state index in [4.69, 9.17) is 15.5 Å². The van der Waals surface area contributed by atoms with Gasteiger partial charge in [-0.3, -0.25) is 0 Å². The number of piperidine rings is 1. The van der Waals surface area contributed by atoms with Gasteiger partial charge in [-0.15, -0.1) is 0 Å². The van der Waals surface area contributed by atoms with Crippen LogP contribution in [0.1, 0.15) is 18.2 Å². The number of ether oxygens (including phenoxy) is 1. The van der Waals surface area contributed by atoms with Gasteiger partial charge < -0.3 is 20.4 Å². The first-order chi connectivity index (χ1) is 12.7. The number of aromatic nitrogens is 5. The van der Waals surface area contributed by atoms with E-state index in [1.807, 2.05) is 0 Å². The zero-order valence-electron chi connectivity index (χ0n) is 14.8. The minimum absolute atomic E-state index is 0.302. The lowest BCUT2D eigenvalue weighted by molar-refractivity contribution is 0.439. The molecular formula is C18H21N7O.